The van der Waals surface area contributed by atoms with Crippen LogP contribution in [-0.4, -0.2) is 44.6 Å². The second kappa shape index (κ2) is 5.71. The fourth-order valence-electron chi connectivity index (χ4n) is 2.26. The SMILES string of the molecule is Cc1sc(C(=O)N2CCC(NS(C)(=O)=O)CC2)cc1N. The molecule has 1 aromatic rings. The average molecular weight is 317 g/mol. The van der Waals surface area contributed by atoms with Crippen molar-refractivity contribution in [2.75, 3.05) is 25.1 Å². The van der Waals surface area contributed by atoms with E-state index in [1.165, 1.54) is 11.3 Å². The van der Waals surface area contributed by atoms with Crippen LogP contribution in [0.5, 0.6) is 0 Å². The summed E-state index contributed by atoms with van der Waals surface area (Å²) in [7, 11) is -3.18. The molecule has 8 heteroatoms. The third kappa shape index (κ3) is 3.71. The lowest BCUT2D eigenvalue weighted by Gasteiger charge is -2.31. The summed E-state index contributed by atoms with van der Waals surface area (Å²) in [6, 6.07) is 1.63. The van der Waals surface area contributed by atoms with Gasteiger partial charge >= 0.3 is 0 Å². The van der Waals surface area contributed by atoms with E-state index in [1.54, 1.807) is 11.0 Å². The molecule has 1 aliphatic rings. The number of likely N-dealkylation sites (tertiary alicyclic amines) is 1. The molecule has 1 aromatic heterocycles. The molecule has 0 aliphatic carbocycles. The summed E-state index contributed by atoms with van der Waals surface area (Å²) >= 11 is 1.40. The Bertz CT molecular complexity index is 582. The number of thiophene rings is 1. The molecule has 0 atom stereocenters. The molecule has 1 aliphatic heterocycles. The molecule has 2 rings (SSSR count). The van der Waals surface area contributed by atoms with Crippen molar-refractivity contribution in [3.63, 3.8) is 0 Å². The van der Waals surface area contributed by atoms with Crippen molar-refractivity contribution in [2.24, 2.45) is 0 Å². The van der Waals surface area contributed by atoms with Crippen molar-refractivity contribution in [1.82, 2.24) is 9.62 Å². The number of hydrogen-bond acceptors (Lipinski definition) is 5. The van der Waals surface area contributed by atoms with Gasteiger partial charge in [0.25, 0.3) is 5.91 Å². The van der Waals surface area contributed by atoms with Crippen LogP contribution < -0.4 is 10.5 Å². The molecule has 6 nitrogen and oxygen atoms in total. The monoisotopic (exact) mass is 317 g/mol. The molecule has 1 amide bonds. The molecule has 0 saturated carbocycles. The van der Waals surface area contributed by atoms with Crippen molar-refractivity contribution in [1.29, 1.82) is 0 Å². The van der Waals surface area contributed by atoms with Gasteiger partial charge in [-0.25, -0.2) is 13.1 Å². The maximum atomic E-state index is 12.3. The lowest BCUT2D eigenvalue weighted by Crippen LogP contribution is -2.46. The number of nitrogens with one attached hydrogen (secondary N) is 1. The van der Waals surface area contributed by atoms with Crippen LogP contribution >= 0.6 is 11.3 Å². The van der Waals surface area contributed by atoms with E-state index in [2.05, 4.69) is 4.72 Å². The Balaban J connectivity index is 1.95. The highest BCUT2D eigenvalue weighted by molar-refractivity contribution is 7.88. The molecule has 0 spiro atoms. The summed E-state index contributed by atoms with van der Waals surface area (Å²) in [6.45, 7) is 3.00. The average Bonchev–Trinajstić information content (AvgIpc) is 2.68. The first-order valence-electron chi connectivity index (χ1n) is 6.39. The highest BCUT2D eigenvalue weighted by Crippen LogP contribution is 2.25. The van der Waals surface area contributed by atoms with Crippen LogP contribution in [0.15, 0.2) is 6.07 Å². The molecular weight excluding hydrogens is 298 g/mol. The number of nitrogens with two attached hydrogens (primary N) is 1. The van der Waals surface area contributed by atoms with E-state index in [-0.39, 0.29) is 11.9 Å². The standard InChI is InChI=1S/C12H19N3O3S2/c1-8-10(13)7-11(19-8)12(16)15-5-3-9(4-6-15)14-20(2,17)18/h7,9,14H,3-6,13H2,1-2H3. The first-order chi connectivity index (χ1) is 9.26. The van der Waals surface area contributed by atoms with Crippen LogP contribution in [0.25, 0.3) is 0 Å². The van der Waals surface area contributed by atoms with Crippen LogP contribution in [0.1, 0.15) is 27.4 Å². The summed E-state index contributed by atoms with van der Waals surface area (Å²) in [6.07, 6.45) is 2.43. The predicted octanol–water partition coefficient (Wildman–Crippen LogP) is 0.793. The molecule has 1 fully saturated rings. The molecule has 0 bridgehead atoms. The smallest absolute Gasteiger partial charge is 0.264 e. The Kier molecular flexibility index (Phi) is 4.36. The molecule has 112 valence electrons. The number of amides is 1. The second-order valence-electron chi connectivity index (χ2n) is 5.08. The summed E-state index contributed by atoms with van der Waals surface area (Å²) in [4.78, 5) is 15.6. The lowest BCUT2D eigenvalue weighted by atomic mass is 10.1. The van der Waals surface area contributed by atoms with Crippen LogP contribution in [-0.2, 0) is 10.0 Å². The number of hydrogen-bond donors (Lipinski definition) is 2. The number of carbonyl (C=O) groups is 1. The minimum atomic E-state index is -3.18. The van der Waals surface area contributed by atoms with Crippen LogP contribution in [0.3, 0.4) is 0 Å². The predicted molar refractivity (Wildman–Crippen MR) is 80.4 cm³/mol. The van der Waals surface area contributed by atoms with Crippen LogP contribution in [0, 0.1) is 6.92 Å². The zero-order chi connectivity index (χ0) is 14.9. The molecule has 20 heavy (non-hydrogen) atoms. The van der Waals surface area contributed by atoms with Crippen molar-refractivity contribution < 1.29 is 13.2 Å². The first kappa shape index (κ1) is 15.3. The Hall–Kier alpha value is -1.12. The number of rotatable bonds is 3. The first-order valence-corrected chi connectivity index (χ1v) is 9.09. The van der Waals surface area contributed by atoms with Crippen molar-refractivity contribution >= 4 is 33.0 Å². The summed E-state index contributed by atoms with van der Waals surface area (Å²) < 4.78 is 24.9. The van der Waals surface area contributed by atoms with E-state index in [4.69, 9.17) is 5.73 Å². The minimum Gasteiger partial charge on any atom is -0.398 e. The van der Waals surface area contributed by atoms with Gasteiger partial charge in [0.2, 0.25) is 10.0 Å². The van der Waals surface area contributed by atoms with Gasteiger partial charge in [0.15, 0.2) is 0 Å². The third-order valence-corrected chi connectivity index (χ3v) is 5.15. The second-order valence-corrected chi connectivity index (χ2v) is 8.12. The molecule has 3 N–H and O–H groups in total. The Morgan fingerprint density at radius 3 is 2.50 bits per heavy atom. The van der Waals surface area contributed by atoms with Gasteiger partial charge in [-0.2, -0.15) is 0 Å². The number of sulfonamides is 1. The number of aryl methyl sites for hydroxylation is 1. The highest BCUT2D eigenvalue weighted by atomic mass is 32.2. The van der Waals surface area contributed by atoms with E-state index >= 15 is 0 Å². The fourth-order valence-corrected chi connectivity index (χ4v) is 4.01. The summed E-state index contributed by atoms with van der Waals surface area (Å²) in [5.41, 5.74) is 6.41. The van der Waals surface area contributed by atoms with E-state index < -0.39 is 10.0 Å². The largest absolute Gasteiger partial charge is 0.398 e. The van der Waals surface area contributed by atoms with E-state index in [9.17, 15) is 13.2 Å². The molecule has 2 heterocycles. The Labute approximate surface area is 123 Å². The lowest BCUT2D eigenvalue weighted by molar-refractivity contribution is 0.0716. The maximum absolute atomic E-state index is 12.3. The van der Waals surface area contributed by atoms with E-state index in [0.29, 0.717) is 36.5 Å². The van der Waals surface area contributed by atoms with Crippen molar-refractivity contribution in [2.45, 2.75) is 25.8 Å². The van der Waals surface area contributed by atoms with E-state index in [0.717, 1.165) is 11.1 Å². The molecule has 0 aromatic carbocycles. The molecule has 1 saturated heterocycles. The number of anilines is 1. The number of carbonyl (C=O) groups excluding carboxylic acids is 1. The number of piperidine rings is 1. The Morgan fingerprint density at radius 2 is 2.05 bits per heavy atom. The third-order valence-electron chi connectivity index (χ3n) is 3.33. The highest BCUT2D eigenvalue weighted by Gasteiger charge is 2.26. The number of nitrogen functional groups attached to an aromatic ring is 1. The van der Waals surface area contributed by atoms with Gasteiger partial charge in [0, 0.05) is 29.7 Å². The maximum Gasteiger partial charge on any atom is 0.264 e. The van der Waals surface area contributed by atoms with Gasteiger partial charge in [0.05, 0.1) is 11.1 Å². The van der Waals surface area contributed by atoms with Gasteiger partial charge in [-0.15, -0.1) is 11.3 Å². The van der Waals surface area contributed by atoms with Gasteiger partial charge in [-0.3, -0.25) is 4.79 Å². The molecule has 0 radical (unpaired) electrons. The quantitative estimate of drug-likeness (QED) is 0.862. The molecular formula is C12H19N3O3S2. The normalized spacial score (nSPS) is 17.4. The molecule has 0 unspecified atom stereocenters. The van der Waals surface area contributed by atoms with Gasteiger partial charge in [0.1, 0.15) is 0 Å². The number of nitrogens with zero attached hydrogens (tertiary/aromatic N) is 1. The van der Waals surface area contributed by atoms with Crippen LogP contribution in [0.2, 0.25) is 0 Å². The topological polar surface area (TPSA) is 92.5 Å². The van der Waals surface area contributed by atoms with Gasteiger partial charge < -0.3 is 10.6 Å². The van der Waals surface area contributed by atoms with Crippen LogP contribution in [0.4, 0.5) is 5.69 Å². The van der Waals surface area contributed by atoms with Crippen molar-refractivity contribution in [3.8, 4) is 0 Å². The van der Waals surface area contributed by atoms with E-state index in [1.807, 2.05) is 6.92 Å². The minimum absolute atomic E-state index is 0.0207. The Morgan fingerprint density at radius 1 is 1.45 bits per heavy atom. The van der Waals surface area contributed by atoms with Crippen molar-refractivity contribution in [3.05, 3.63) is 15.8 Å². The fraction of sp³-hybridized carbons (Fsp3) is 0.583. The zero-order valence-corrected chi connectivity index (χ0v) is 13.2. The van der Waals surface area contributed by atoms with Gasteiger partial charge in [-0.1, -0.05) is 0 Å². The zero-order valence-electron chi connectivity index (χ0n) is 11.5. The summed E-state index contributed by atoms with van der Waals surface area (Å²) in [5.74, 6) is -0.0207. The summed E-state index contributed by atoms with van der Waals surface area (Å²) in [5, 5.41) is 0. The van der Waals surface area contributed by atoms with Gasteiger partial charge in [-0.05, 0) is 25.8 Å².